The summed E-state index contributed by atoms with van der Waals surface area (Å²) >= 11 is 0. The second kappa shape index (κ2) is 9.15. The molecule has 0 radical (unpaired) electrons. The van der Waals surface area contributed by atoms with Gasteiger partial charge in [-0.05, 0) is 42.0 Å². The Morgan fingerprint density at radius 2 is 1.88 bits per heavy atom. The zero-order valence-electron chi connectivity index (χ0n) is 18.1. The van der Waals surface area contributed by atoms with Gasteiger partial charge in [0.1, 0.15) is 17.4 Å². The van der Waals surface area contributed by atoms with Crippen LogP contribution in [0.2, 0.25) is 0 Å². The van der Waals surface area contributed by atoms with E-state index in [1.165, 1.54) is 0 Å². The highest BCUT2D eigenvalue weighted by molar-refractivity contribution is 5.91. The third-order valence-electron chi connectivity index (χ3n) is 5.89. The van der Waals surface area contributed by atoms with Crippen molar-refractivity contribution in [2.75, 3.05) is 31.5 Å². The number of amides is 2. The lowest BCUT2D eigenvalue weighted by molar-refractivity contribution is 0.137. The van der Waals surface area contributed by atoms with Gasteiger partial charge in [-0.2, -0.15) is 5.26 Å². The summed E-state index contributed by atoms with van der Waals surface area (Å²) in [7, 11) is 0. The van der Waals surface area contributed by atoms with Gasteiger partial charge in [-0.1, -0.05) is 24.3 Å². The van der Waals surface area contributed by atoms with Gasteiger partial charge in [-0.25, -0.2) is 4.79 Å². The number of nitrogens with one attached hydrogen (secondary N) is 1. The van der Waals surface area contributed by atoms with E-state index in [-0.39, 0.29) is 6.03 Å². The summed E-state index contributed by atoms with van der Waals surface area (Å²) in [6.45, 7) is 3.44. The average Bonchev–Trinajstić information content (AvgIpc) is 3.27. The molecule has 0 bridgehead atoms. The van der Waals surface area contributed by atoms with Crippen LogP contribution in [0.25, 0.3) is 22.1 Å². The van der Waals surface area contributed by atoms with Crippen molar-refractivity contribution in [1.29, 1.82) is 5.26 Å². The van der Waals surface area contributed by atoms with E-state index < -0.39 is 0 Å². The lowest BCUT2D eigenvalue weighted by atomic mass is 10.1. The van der Waals surface area contributed by atoms with Gasteiger partial charge in [0.2, 0.25) is 0 Å². The van der Waals surface area contributed by atoms with E-state index in [0.29, 0.717) is 30.9 Å². The first-order valence-electron chi connectivity index (χ1n) is 10.9. The van der Waals surface area contributed by atoms with Crippen LogP contribution in [0.5, 0.6) is 0 Å². The van der Waals surface area contributed by atoms with Crippen LogP contribution < -0.4 is 5.32 Å². The molecule has 0 aliphatic carbocycles. The number of fused-ring (bicyclic) bond motifs is 1. The number of para-hydroxylation sites is 1. The number of nitrogens with zero attached hydrogens (tertiary/aromatic N) is 4. The van der Waals surface area contributed by atoms with E-state index in [4.69, 9.17) is 4.42 Å². The number of piperazine rings is 1. The Bertz CT molecular complexity index is 1320. The smallest absolute Gasteiger partial charge is 0.321 e. The van der Waals surface area contributed by atoms with Crippen molar-refractivity contribution in [3.8, 4) is 17.2 Å². The van der Waals surface area contributed by atoms with Crippen molar-refractivity contribution in [3.05, 3.63) is 84.4 Å². The number of rotatable bonds is 4. The Balaban J connectivity index is 1.19. The number of nitriles is 1. The first kappa shape index (κ1) is 20.7. The standard InChI is InChI=1S/C26H23N5O2/c27-16-20-4-1-2-6-24(20)29-26(32)31-12-10-30(11-13-31)18-23-15-22-14-19(7-8-25(22)33-23)21-5-3-9-28-17-21/h1-9,14-15,17H,10-13,18H2,(H,29,32). The molecular weight excluding hydrogens is 414 g/mol. The fourth-order valence-electron chi connectivity index (χ4n) is 4.10. The summed E-state index contributed by atoms with van der Waals surface area (Å²) in [5.41, 5.74) is 4.06. The van der Waals surface area contributed by atoms with E-state index in [0.717, 1.165) is 40.9 Å². The molecule has 164 valence electrons. The highest BCUT2D eigenvalue weighted by Gasteiger charge is 2.22. The first-order chi connectivity index (χ1) is 16.2. The fourth-order valence-corrected chi connectivity index (χ4v) is 4.10. The fraction of sp³-hybridized carbons (Fsp3) is 0.192. The number of urea groups is 1. The van der Waals surface area contributed by atoms with Gasteiger partial charge in [0.15, 0.2) is 0 Å². The molecule has 5 rings (SSSR count). The summed E-state index contributed by atoms with van der Waals surface area (Å²) in [5, 5.41) is 13.1. The number of hydrogen-bond donors (Lipinski definition) is 1. The Morgan fingerprint density at radius 1 is 1.03 bits per heavy atom. The van der Waals surface area contributed by atoms with Crippen molar-refractivity contribution < 1.29 is 9.21 Å². The first-order valence-corrected chi connectivity index (χ1v) is 10.9. The van der Waals surface area contributed by atoms with Crippen LogP contribution in [-0.4, -0.2) is 47.0 Å². The Morgan fingerprint density at radius 3 is 2.67 bits per heavy atom. The topological polar surface area (TPSA) is 85.4 Å². The van der Waals surface area contributed by atoms with Crippen molar-refractivity contribution >= 4 is 22.7 Å². The normalized spacial score (nSPS) is 14.2. The minimum atomic E-state index is -0.177. The Hall–Kier alpha value is -4.15. The molecule has 0 unspecified atom stereocenters. The van der Waals surface area contributed by atoms with Crippen molar-refractivity contribution in [2.45, 2.75) is 6.54 Å². The maximum absolute atomic E-state index is 12.6. The summed E-state index contributed by atoms with van der Waals surface area (Å²) < 4.78 is 6.06. The highest BCUT2D eigenvalue weighted by atomic mass is 16.3. The molecule has 2 amide bonds. The third kappa shape index (κ3) is 4.56. The monoisotopic (exact) mass is 437 g/mol. The second-order valence-electron chi connectivity index (χ2n) is 8.06. The second-order valence-corrected chi connectivity index (χ2v) is 8.06. The van der Waals surface area contributed by atoms with Crippen LogP contribution in [-0.2, 0) is 6.54 Å². The maximum atomic E-state index is 12.6. The molecule has 0 saturated carbocycles. The number of anilines is 1. The summed E-state index contributed by atoms with van der Waals surface area (Å²) in [4.78, 5) is 20.9. The number of furan rings is 1. The van der Waals surface area contributed by atoms with E-state index in [1.54, 1.807) is 35.4 Å². The van der Waals surface area contributed by atoms with Gasteiger partial charge >= 0.3 is 6.03 Å². The minimum Gasteiger partial charge on any atom is -0.460 e. The van der Waals surface area contributed by atoms with Gasteiger partial charge in [0.25, 0.3) is 0 Å². The molecule has 1 N–H and O–H groups in total. The number of benzene rings is 2. The number of pyridine rings is 1. The van der Waals surface area contributed by atoms with E-state index >= 15 is 0 Å². The molecule has 7 heteroatoms. The van der Waals surface area contributed by atoms with Gasteiger partial charge in [0, 0.05) is 49.5 Å². The molecule has 7 nitrogen and oxygen atoms in total. The zero-order chi connectivity index (χ0) is 22.6. The molecule has 1 fully saturated rings. The predicted molar refractivity (Wildman–Crippen MR) is 126 cm³/mol. The molecule has 0 spiro atoms. The zero-order valence-corrected chi connectivity index (χ0v) is 18.1. The SMILES string of the molecule is N#Cc1ccccc1NC(=O)N1CCN(Cc2cc3cc(-c4cccnc4)ccc3o2)CC1. The minimum absolute atomic E-state index is 0.177. The van der Waals surface area contributed by atoms with Crippen molar-refractivity contribution in [1.82, 2.24) is 14.8 Å². The highest BCUT2D eigenvalue weighted by Crippen LogP contribution is 2.27. The van der Waals surface area contributed by atoms with E-state index in [1.807, 2.05) is 24.4 Å². The quantitative estimate of drug-likeness (QED) is 0.499. The molecule has 2 aromatic heterocycles. The van der Waals surface area contributed by atoms with Crippen LogP contribution in [0.15, 0.2) is 77.5 Å². The largest absolute Gasteiger partial charge is 0.460 e. The molecule has 2 aromatic carbocycles. The molecule has 1 saturated heterocycles. The van der Waals surface area contributed by atoms with Crippen LogP contribution >= 0.6 is 0 Å². The van der Waals surface area contributed by atoms with Crippen LogP contribution in [0.1, 0.15) is 11.3 Å². The number of aromatic nitrogens is 1. The van der Waals surface area contributed by atoms with Gasteiger partial charge in [-0.15, -0.1) is 0 Å². The van der Waals surface area contributed by atoms with Gasteiger partial charge < -0.3 is 14.6 Å². The lowest BCUT2D eigenvalue weighted by Gasteiger charge is -2.34. The molecule has 1 aliphatic heterocycles. The molecule has 33 heavy (non-hydrogen) atoms. The third-order valence-corrected chi connectivity index (χ3v) is 5.89. The van der Waals surface area contributed by atoms with E-state index in [2.05, 4.69) is 39.5 Å². The Kier molecular flexibility index (Phi) is 5.75. The summed E-state index contributed by atoms with van der Waals surface area (Å²) in [6.07, 6.45) is 3.63. The molecule has 0 atom stereocenters. The maximum Gasteiger partial charge on any atom is 0.321 e. The van der Waals surface area contributed by atoms with Crippen LogP contribution in [0, 0.1) is 11.3 Å². The van der Waals surface area contributed by atoms with Gasteiger partial charge in [0.05, 0.1) is 17.8 Å². The van der Waals surface area contributed by atoms with E-state index in [9.17, 15) is 10.1 Å². The van der Waals surface area contributed by atoms with Crippen molar-refractivity contribution in [2.24, 2.45) is 0 Å². The number of hydrogen-bond acceptors (Lipinski definition) is 5. The van der Waals surface area contributed by atoms with Crippen LogP contribution in [0.4, 0.5) is 10.5 Å². The number of carbonyl (C=O) groups excluding carboxylic acids is 1. The number of carbonyl (C=O) groups is 1. The Labute approximate surface area is 191 Å². The molecular formula is C26H23N5O2. The summed E-state index contributed by atoms with van der Waals surface area (Å²) in [6, 6.07) is 21.2. The van der Waals surface area contributed by atoms with Crippen molar-refractivity contribution in [3.63, 3.8) is 0 Å². The lowest BCUT2D eigenvalue weighted by Crippen LogP contribution is -2.49. The van der Waals surface area contributed by atoms with Gasteiger partial charge in [-0.3, -0.25) is 9.88 Å². The predicted octanol–water partition coefficient (Wildman–Crippen LogP) is 4.72. The average molecular weight is 438 g/mol. The van der Waals surface area contributed by atoms with Crippen LogP contribution in [0.3, 0.4) is 0 Å². The summed E-state index contributed by atoms with van der Waals surface area (Å²) in [5.74, 6) is 0.911. The molecule has 3 heterocycles. The molecule has 4 aromatic rings. The molecule has 1 aliphatic rings.